The number of hydrogen-bond donors (Lipinski definition) is 1. The number of benzene rings is 1. The molecular weight excluding hydrogens is 328 g/mol. The summed E-state index contributed by atoms with van der Waals surface area (Å²) in [5, 5.41) is 9.16. The van der Waals surface area contributed by atoms with Crippen LogP contribution in [-0.4, -0.2) is 11.1 Å². The van der Waals surface area contributed by atoms with E-state index < -0.39 is 5.97 Å². The van der Waals surface area contributed by atoms with Crippen LogP contribution in [0.4, 0.5) is 0 Å². The molecule has 1 N–H and O–H groups in total. The third-order valence-electron chi connectivity index (χ3n) is 5.62. The lowest BCUT2D eigenvalue weighted by Gasteiger charge is -2.42. The lowest BCUT2D eigenvalue weighted by Crippen LogP contribution is -2.34. The largest absolute Gasteiger partial charge is 0.478 e. The summed E-state index contributed by atoms with van der Waals surface area (Å²) in [4.78, 5) is 13.0. The van der Waals surface area contributed by atoms with Crippen LogP contribution in [-0.2, 0) is 15.6 Å². The van der Waals surface area contributed by atoms with E-state index in [2.05, 4.69) is 53.3 Å². The van der Waals surface area contributed by atoms with Crippen LogP contribution < -0.4 is 0 Å². The Morgan fingerprint density at radius 2 is 1.64 bits per heavy atom. The standard InChI is InChI=1S/C22H26O2S/c1-13-11-16-17(22(5,6)10-9-21(16,3)4)12-15(13)19-8-7-18(25-19)14(2)20(23)24/h7-8,11-12H,2,9-10H2,1,3-6H3,(H,23,24). The van der Waals surface area contributed by atoms with Crippen LogP contribution in [0.1, 0.15) is 62.1 Å². The molecule has 1 aromatic heterocycles. The molecule has 0 fully saturated rings. The number of thiophene rings is 1. The summed E-state index contributed by atoms with van der Waals surface area (Å²) in [6.45, 7) is 15.1. The van der Waals surface area contributed by atoms with Gasteiger partial charge in [-0.1, -0.05) is 40.3 Å². The van der Waals surface area contributed by atoms with Crippen LogP contribution in [0, 0.1) is 6.92 Å². The Morgan fingerprint density at radius 1 is 1.08 bits per heavy atom. The van der Waals surface area contributed by atoms with Gasteiger partial charge in [0.05, 0.1) is 5.57 Å². The predicted octanol–water partition coefficient (Wildman–Crippen LogP) is 6.17. The quantitative estimate of drug-likeness (QED) is 0.669. The minimum absolute atomic E-state index is 0.160. The maximum Gasteiger partial charge on any atom is 0.336 e. The van der Waals surface area contributed by atoms with Crippen LogP contribution in [0.5, 0.6) is 0 Å². The Hall–Kier alpha value is -1.87. The van der Waals surface area contributed by atoms with Gasteiger partial charge in [-0.25, -0.2) is 4.79 Å². The van der Waals surface area contributed by atoms with Crippen molar-refractivity contribution in [3.05, 3.63) is 52.4 Å². The van der Waals surface area contributed by atoms with Crippen molar-refractivity contribution in [2.45, 2.75) is 58.3 Å². The fourth-order valence-electron chi connectivity index (χ4n) is 3.74. The van der Waals surface area contributed by atoms with Crippen molar-refractivity contribution in [3.63, 3.8) is 0 Å². The molecular formula is C22H26O2S. The number of fused-ring (bicyclic) bond motifs is 1. The monoisotopic (exact) mass is 354 g/mol. The van der Waals surface area contributed by atoms with Crippen molar-refractivity contribution >= 4 is 22.9 Å². The molecule has 0 saturated heterocycles. The smallest absolute Gasteiger partial charge is 0.336 e. The highest BCUT2D eigenvalue weighted by Crippen LogP contribution is 2.48. The number of rotatable bonds is 3. The van der Waals surface area contributed by atoms with E-state index in [1.54, 1.807) is 0 Å². The maximum absolute atomic E-state index is 11.2. The van der Waals surface area contributed by atoms with Crippen LogP contribution in [0.3, 0.4) is 0 Å². The minimum Gasteiger partial charge on any atom is -0.478 e. The molecule has 1 heterocycles. The second kappa shape index (κ2) is 5.84. The lowest BCUT2D eigenvalue weighted by molar-refractivity contribution is -0.130. The molecule has 1 aliphatic carbocycles. The molecule has 0 amide bonds. The molecule has 1 aliphatic rings. The Kier molecular flexibility index (Phi) is 4.19. The van der Waals surface area contributed by atoms with Gasteiger partial charge in [0.2, 0.25) is 0 Å². The van der Waals surface area contributed by atoms with Gasteiger partial charge >= 0.3 is 5.97 Å². The summed E-state index contributed by atoms with van der Waals surface area (Å²) >= 11 is 1.51. The van der Waals surface area contributed by atoms with Crippen molar-refractivity contribution in [1.29, 1.82) is 0 Å². The van der Waals surface area contributed by atoms with Crippen molar-refractivity contribution in [1.82, 2.24) is 0 Å². The molecule has 3 rings (SSSR count). The van der Waals surface area contributed by atoms with Gasteiger partial charge in [-0.3, -0.25) is 0 Å². The highest BCUT2D eigenvalue weighted by molar-refractivity contribution is 7.16. The number of carbonyl (C=O) groups is 1. The van der Waals surface area contributed by atoms with E-state index in [1.807, 2.05) is 12.1 Å². The van der Waals surface area contributed by atoms with E-state index >= 15 is 0 Å². The van der Waals surface area contributed by atoms with Gasteiger partial charge in [0.1, 0.15) is 0 Å². The van der Waals surface area contributed by atoms with Crippen LogP contribution in [0.15, 0.2) is 30.8 Å². The summed E-state index contributed by atoms with van der Waals surface area (Å²) in [5.74, 6) is -0.960. The van der Waals surface area contributed by atoms with Crippen molar-refractivity contribution in [2.75, 3.05) is 0 Å². The van der Waals surface area contributed by atoms with Crippen molar-refractivity contribution in [3.8, 4) is 10.4 Å². The van der Waals surface area contributed by atoms with Crippen LogP contribution in [0.25, 0.3) is 16.0 Å². The zero-order valence-electron chi connectivity index (χ0n) is 15.7. The number of hydrogen-bond acceptors (Lipinski definition) is 2. The Balaban J connectivity index is 2.14. The Bertz CT molecular complexity index is 868. The summed E-state index contributed by atoms with van der Waals surface area (Å²) < 4.78 is 0. The van der Waals surface area contributed by atoms with Gasteiger partial charge < -0.3 is 5.11 Å². The summed E-state index contributed by atoms with van der Waals surface area (Å²) in [7, 11) is 0. The molecule has 3 heteroatoms. The minimum atomic E-state index is -0.960. The van der Waals surface area contributed by atoms with Gasteiger partial charge in [0, 0.05) is 9.75 Å². The molecule has 0 unspecified atom stereocenters. The van der Waals surface area contributed by atoms with Crippen LogP contribution >= 0.6 is 11.3 Å². The normalized spacial score (nSPS) is 17.8. The summed E-state index contributed by atoms with van der Waals surface area (Å²) in [6, 6.07) is 8.57. The van der Waals surface area contributed by atoms with Gasteiger partial charge in [-0.05, 0) is 71.0 Å². The van der Waals surface area contributed by atoms with Crippen molar-refractivity contribution < 1.29 is 9.90 Å². The molecule has 2 aromatic rings. The van der Waals surface area contributed by atoms with Crippen LogP contribution in [0.2, 0.25) is 0 Å². The first-order valence-corrected chi connectivity index (χ1v) is 9.53. The van der Waals surface area contributed by atoms with Gasteiger partial charge in [0.15, 0.2) is 0 Å². The number of aryl methyl sites for hydroxylation is 1. The second-order valence-electron chi connectivity index (χ2n) is 8.43. The summed E-state index contributed by atoms with van der Waals surface area (Å²) in [6.07, 6.45) is 2.38. The molecule has 1 aromatic carbocycles. The molecule has 132 valence electrons. The van der Waals surface area contributed by atoms with E-state index in [4.69, 9.17) is 5.11 Å². The molecule has 0 spiro atoms. The first-order chi connectivity index (χ1) is 11.5. The van der Waals surface area contributed by atoms with E-state index in [0.717, 1.165) is 9.75 Å². The average molecular weight is 355 g/mol. The first kappa shape index (κ1) is 17.9. The SMILES string of the molecule is C=C(C(=O)O)c1ccc(-c2cc3c(cc2C)C(C)(C)CCC3(C)C)s1. The molecule has 0 saturated carbocycles. The Labute approximate surface area is 154 Å². The number of carboxylic acids is 1. The first-order valence-electron chi connectivity index (χ1n) is 8.71. The fraction of sp³-hybridized carbons (Fsp3) is 0.409. The maximum atomic E-state index is 11.2. The number of carboxylic acid groups (broad SMARTS) is 1. The Morgan fingerprint density at radius 3 is 2.20 bits per heavy atom. The van der Waals surface area contributed by atoms with Gasteiger partial charge in [-0.2, -0.15) is 0 Å². The molecule has 0 radical (unpaired) electrons. The zero-order valence-corrected chi connectivity index (χ0v) is 16.5. The summed E-state index contributed by atoms with van der Waals surface area (Å²) in [5.41, 5.74) is 5.86. The second-order valence-corrected chi connectivity index (χ2v) is 9.51. The van der Waals surface area contributed by atoms with Crippen molar-refractivity contribution in [2.24, 2.45) is 0 Å². The van der Waals surface area contributed by atoms with E-state index in [0.29, 0.717) is 0 Å². The number of aliphatic carboxylic acids is 1. The van der Waals surface area contributed by atoms with E-state index in [-0.39, 0.29) is 16.4 Å². The molecule has 0 bridgehead atoms. The molecule has 0 aliphatic heterocycles. The highest BCUT2D eigenvalue weighted by Gasteiger charge is 2.37. The average Bonchev–Trinajstić information content (AvgIpc) is 3.00. The van der Waals surface area contributed by atoms with Gasteiger partial charge in [0.25, 0.3) is 0 Å². The van der Waals surface area contributed by atoms with E-state index in [1.165, 1.54) is 46.4 Å². The highest BCUT2D eigenvalue weighted by atomic mass is 32.1. The van der Waals surface area contributed by atoms with E-state index in [9.17, 15) is 4.79 Å². The third kappa shape index (κ3) is 3.06. The zero-order chi connectivity index (χ0) is 18.6. The topological polar surface area (TPSA) is 37.3 Å². The molecule has 2 nitrogen and oxygen atoms in total. The fourth-order valence-corrected chi connectivity index (χ4v) is 4.79. The van der Waals surface area contributed by atoms with Gasteiger partial charge in [-0.15, -0.1) is 11.3 Å². The molecule has 0 atom stereocenters. The molecule has 25 heavy (non-hydrogen) atoms. The predicted molar refractivity (Wildman–Crippen MR) is 106 cm³/mol. The lowest BCUT2D eigenvalue weighted by atomic mass is 9.62. The third-order valence-corrected chi connectivity index (χ3v) is 6.80.